The molecule has 0 bridgehead atoms. The van der Waals surface area contributed by atoms with Crippen LogP contribution in [0.5, 0.6) is 0 Å². The largest absolute Gasteiger partial charge is 0.465 e. The Morgan fingerprint density at radius 2 is 2.00 bits per heavy atom. The molecular formula is C19H23NO3. The van der Waals surface area contributed by atoms with Crippen molar-refractivity contribution in [1.82, 2.24) is 5.32 Å². The van der Waals surface area contributed by atoms with E-state index in [0.717, 1.165) is 12.0 Å². The first-order chi connectivity index (χ1) is 11.2. The van der Waals surface area contributed by atoms with Crippen LogP contribution in [-0.4, -0.2) is 25.2 Å². The summed E-state index contributed by atoms with van der Waals surface area (Å²) in [4.78, 5) is 12.5. The predicted octanol–water partition coefficient (Wildman–Crippen LogP) is 3.75. The number of carbonyl (C=O) groups excluding carboxylic acids is 1. The lowest BCUT2D eigenvalue weighted by Gasteiger charge is -2.10. The normalized spacial score (nSPS) is 11.7. The molecule has 0 spiro atoms. The van der Waals surface area contributed by atoms with Gasteiger partial charge in [-0.3, -0.25) is 4.79 Å². The van der Waals surface area contributed by atoms with E-state index in [4.69, 9.17) is 9.15 Å². The maximum Gasteiger partial charge on any atom is 0.252 e. The van der Waals surface area contributed by atoms with E-state index in [2.05, 4.69) is 5.32 Å². The Balaban J connectivity index is 2.01. The minimum atomic E-state index is -0.114. The van der Waals surface area contributed by atoms with E-state index < -0.39 is 0 Å². The molecule has 1 aromatic heterocycles. The number of carbonyl (C=O) groups is 1. The summed E-state index contributed by atoms with van der Waals surface area (Å²) < 4.78 is 10.8. The Morgan fingerprint density at radius 3 is 2.65 bits per heavy atom. The quantitative estimate of drug-likeness (QED) is 0.596. The SMILES string of the molecule is CC(C)OCCCNC(=O)/C(=C/c1ccco1)c1ccccc1. The first-order valence-corrected chi connectivity index (χ1v) is 7.87. The number of hydrogen-bond donors (Lipinski definition) is 1. The molecule has 1 amide bonds. The van der Waals surface area contributed by atoms with Crippen molar-refractivity contribution in [3.05, 3.63) is 60.1 Å². The van der Waals surface area contributed by atoms with Crippen LogP contribution in [0.1, 0.15) is 31.6 Å². The molecule has 23 heavy (non-hydrogen) atoms. The lowest BCUT2D eigenvalue weighted by molar-refractivity contribution is -0.115. The first kappa shape index (κ1) is 17.0. The van der Waals surface area contributed by atoms with Gasteiger partial charge in [-0.05, 0) is 44.0 Å². The molecule has 0 saturated heterocycles. The molecule has 4 heteroatoms. The van der Waals surface area contributed by atoms with Crippen LogP contribution in [0, 0.1) is 0 Å². The predicted molar refractivity (Wildman–Crippen MR) is 91.7 cm³/mol. The van der Waals surface area contributed by atoms with Gasteiger partial charge in [-0.25, -0.2) is 0 Å². The first-order valence-electron chi connectivity index (χ1n) is 7.87. The van der Waals surface area contributed by atoms with Crippen LogP contribution in [0.25, 0.3) is 11.6 Å². The second-order valence-electron chi connectivity index (χ2n) is 5.47. The fourth-order valence-corrected chi connectivity index (χ4v) is 2.10. The number of benzene rings is 1. The second-order valence-corrected chi connectivity index (χ2v) is 5.47. The Morgan fingerprint density at radius 1 is 1.22 bits per heavy atom. The third kappa shape index (κ3) is 5.75. The molecule has 1 heterocycles. The molecule has 122 valence electrons. The van der Waals surface area contributed by atoms with Gasteiger partial charge in [0.05, 0.1) is 17.9 Å². The zero-order chi connectivity index (χ0) is 16.5. The highest BCUT2D eigenvalue weighted by Gasteiger charge is 2.12. The van der Waals surface area contributed by atoms with Gasteiger partial charge in [-0.1, -0.05) is 30.3 Å². The van der Waals surface area contributed by atoms with Crippen LogP contribution in [-0.2, 0) is 9.53 Å². The third-order valence-corrected chi connectivity index (χ3v) is 3.22. The molecule has 1 N–H and O–H groups in total. The number of furan rings is 1. The molecule has 0 atom stereocenters. The third-order valence-electron chi connectivity index (χ3n) is 3.22. The lowest BCUT2D eigenvalue weighted by atomic mass is 10.0. The van der Waals surface area contributed by atoms with Gasteiger partial charge in [-0.15, -0.1) is 0 Å². The summed E-state index contributed by atoms with van der Waals surface area (Å²) in [5.74, 6) is 0.541. The molecule has 0 aliphatic carbocycles. The average molecular weight is 313 g/mol. The summed E-state index contributed by atoms with van der Waals surface area (Å²) in [5.41, 5.74) is 1.45. The molecule has 1 aromatic carbocycles. The molecule has 0 unspecified atom stereocenters. The van der Waals surface area contributed by atoms with Crippen LogP contribution in [0.4, 0.5) is 0 Å². The molecule has 0 aliphatic rings. The minimum Gasteiger partial charge on any atom is -0.465 e. The van der Waals surface area contributed by atoms with Crippen molar-refractivity contribution < 1.29 is 13.9 Å². The zero-order valence-corrected chi connectivity index (χ0v) is 13.6. The van der Waals surface area contributed by atoms with Gasteiger partial charge in [-0.2, -0.15) is 0 Å². The number of ether oxygens (including phenoxy) is 1. The van der Waals surface area contributed by atoms with Crippen LogP contribution in [0.15, 0.2) is 53.1 Å². The summed E-state index contributed by atoms with van der Waals surface area (Å²) in [6, 6.07) is 13.2. The van der Waals surface area contributed by atoms with E-state index in [1.807, 2.05) is 50.2 Å². The monoisotopic (exact) mass is 313 g/mol. The van der Waals surface area contributed by atoms with E-state index >= 15 is 0 Å². The van der Waals surface area contributed by atoms with Gasteiger partial charge >= 0.3 is 0 Å². The van der Waals surface area contributed by atoms with Crippen LogP contribution in [0.3, 0.4) is 0 Å². The van der Waals surface area contributed by atoms with Crippen LogP contribution in [0.2, 0.25) is 0 Å². The highest BCUT2D eigenvalue weighted by molar-refractivity contribution is 6.24. The number of amides is 1. The zero-order valence-electron chi connectivity index (χ0n) is 13.6. The molecule has 0 saturated carbocycles. The molecule has 2 rings (SSSR count). The van der Waals surface area contributed by atoms with E-state index in [9.17, 15) is 4.79 Å². The summed E-state index contributed by atoms with van der Waals surface area (Å²) in [6.07, 6.45) is 4.35. The van der Waals surface area contributed by atoms with Gasteiger partial charge in [0.15, 0.2) is 0 Å². The van der Waals surface area contributed by atoms with Gasteiger partial charge in [0, 0.05) is 13.2 Å². The standard InChI is InChI=1S/C19H23NO3/c1-15(2)22-13-7-11-20-19(21)18(14-17-10-6-12-23-17)16-8-4-3-5-9-16/h3-6,8-10,12,14-15H,7,11,13H2,1-2H3,(H,20,21)/b18-14+. The molecule has 0 aliphatic heterocycles. The Kier molecular flexibility index (Phi) is 6.63. The Hall–Kier alpha value is -2.33. The number of nitrogens with one attached hydrogen (secondary N) is 1. The van der Waals surface area contributed by atoms with Crippen LogP contribution < -0.4 is 5.32 Å². The molecule has 0 radical (unpaired) electrons. The minimum absolute atomic E-state index is 0.114. The number of hydrogen-bond acceptors (Lipinski definition) is 3. The summed E-state index contributed by atoms with van der Waals surface area (Å²) in [6.45, 7) is 5.21. The van der Waals surface area contributed by atoms with Crippen LogP contribution >= 0.6 is 0 Å². The van der Waals surface area contributed by atoms with E-state index in [1.165, 1.54) is 0 Å². The second kappa shape index (κ2) is 8.96. The average Bonchev–Trinajstić information content (AvgIpc) is 3.06. The Labute approximate surface area is 137 Å². The number of rotatable bonds is 8. The van der Waals surface area contributed by atoms with Crippen molar-refractivity contribution in [1.29, 1.82) is 0 Å². The molecule has 0 fully saturated rings. The fraction of sp³-hybridized carbons (Fsp3) is 0.316. The van der Waals surface area contributed by atoms with E-state index in [-0.39, 0.29) is 12.0 Å². The van der Waals surface area contributed by atoms with Gasteiger partial charge < -0.3 is 14.5 Å². The Bertz CT molecular complexity index is 615. The van der Waals surface area contributed by atoms with Crippen molar-refractivity contribution in [3.63, 3.8) is 0 Å². The molecule has 2 aromatic rings. The summed E-state index contributed by atoms with van der Waals surface area (Å²) in [7, 11) is 0. The van der Waals surface area contributed by atoms with E-state index in [1.54, 1.807) is 18.4 Å². The summed E-state index contributed by atoms with van der Waals surface area (Å²) >= 11 is 0. The molecule has 4 nitrogen and oxygen atoms in total. The maximum atomic E-state index is 12.5. The van der Waals surface area contributed by atoms with Crippen molar-refractivity contribution in [2.75, 3.05) is 13.2 Å². The highest BCUT2D eigenvalue weighted by Crippen LogP contribution is 2.18. The smallest absolute Gasteiger partial charge is 0.252 e. The maximum absolute atomic E-state index is 12.5. The van der Waals surface area contributed by atoms with Gasteiger partial charge in [0.1, 0.15) is 5.76 Å². The van der Waals surface area contributed by atoms with E-state index in [0.29, 0.717) is 24.5 Å². The van der Waals surface area contributed by atoms with Crippen molar-refractivity contribution in [2.24, 2.45) is 0 Å². The van der Waals surface area contributed by atoms with Gasteiger partial charge in [0.2, 0.25) is 0 Å². The van der Waals surface area contributed by atoms with Crippen molar-refractivity contribution in [3.8, 4) is 0 Å². The lowest BCUT2D eigenvalue weighted by Crippen LogP contribution is -2.26. The summed E-state index contributed by atoms with van der Waals surface area (Å²) in [5, 5.41) is 2.94. The van der Waals surface area contributed by atoms with Crippen molar-refractivity contribution in [2.45, 2.75) is 26.4 Å². The topological polar surface area (TPSA) is 51.5 Å². The molecular weight excluding hydrogens is 290 g/mol. The highest BCUT2D eigenvalue weighted by atomic mass is 16.5. The van der Waals surface area contributed by atoms with Crippen molar-refractivity contribution >= 4 is 17.6 Å². The van der Waals surface area contributed by atoms with Gasteiger partial charge in [0.25, 0.3) is 5.91 Å². The fourth-order valence-electron chi connectivity index (χ4n) is 2.10.